The van der Waals surface area contributed by atoms with Crippen LogP contribution in [-0.4, -0.2) is 84.0 Å². The van der Waals surface area contributed by atoms with Crippen LogP contribution in [0.15, 0.2) is 11.6 Å². The SMILES string of the molecule is CCCC(C(=O)C1CCCc2sc(N)c(C#N)c21)=C(N)c1nc(OCC2CCCN2C)cc(N2CCN(C)C3(CC3)C2)n1. The molecule has 4 heterocycles. The van der Waals surface area contributed by atoms with Gasteiger partial charge in [-0.3, -0.25) is 9.69 Å². The minimum atomic E-state index is -0.434. The third-order valence-electron chi connectivity index (χ3n) is 10.0. The zero-order valence-corrected chi connectivity index (χ0v) is 26.5. The van der Waals surface area contributed by atoms with E-state index >= 15 is 0 Å². The van der Waals surface area contributed by atoms with E-state index in [2.05, 4.69) is 34.9 Å². The summed E-state index contributed by atoms with van der Waals surface area (Å²) < 4.78 is 6.33. The summed E-state index contributed by atoms with van der Waals surface area (Å²) in [6, 6.07) is 4.54. The van der Waals surface area contributed by atoms with Gasteiger partial charge in [-0.05, 0) is 77.6 Å². The number of hydrogen-bond acceptors (Lipinski definition) is 11. The van der Waals surface area contributed by atoms with E-state index in [-0.39, 0.29) is 11.3 Å². The molecule has 4 aliphatic rings. The molecule has 2 aliphatic heterocycles. The van der Waals surface area contributed by atoms with Crippen molar-refractivity contribution in [2.75, 3.05) is 57.5 Å². The molecule has 0 amide bonds. The lowest BCUT2D eigenvalue weighted by atomic mass is 9.79. The molecule has 0 bridgehead atoms. The van der Waals surface area contributed by atoms with Crippen LogP contribution in [0.4, 0.5) is 10.8 Å². The monoisotopic (exact) mass is 604 g/mol. The molecule has 0 radical (unpaired) electrons. The average molecular weight is 605 g/mol. The summed E-state index contributed by atoms with van der Waals surface area (Å²) in [6.45, 7) is 6.37. The summed E-state index contributed by atoms with van der Waals surface area (Å²) in [7, 11) is 4.34. The Hall–Kier alpha value is -3.20. The van der Waals surface area contributed by atoms with Crippen LogP contribution in [0.5, 0.6) is 5.88 Å². The molecule has 43 heavy (non-hydrogen) atoms. The molecule has 6 rings (SSSR count). The molecule has 4 N–H and O–H groups in total. The molecule has 2 atom stereocenters. The van der Waals surface area contributed by atoms with E-state index in [9.17, 15) is 10.1 Å². The highest BCUT2D eigenvalue weighted by atomic mass is 32.1. The molecule has 1 saturated carbocycles. The van der Waals surface area contributed by atoms with Gasteiger partial charge in [-0.2, -0.15) is 10.2 Å². The Kier molecular flexibility index (Phi) is 8.37. The molecule has 2 aliphatic carbocycles. The Morgan fingerprint density at radius 3 is 2.72 bits per heavy atom. The van der Waals surface area contributed by atoms with Gasteiger partial charge >= 0.3 is 0 Å². The van der Waals surface area contributed by atoms with Gasteiger partial charge in [0.1, 0.15) is 23.5 Å². The van der Waals surface area contributed by atoms with Crippen LogP contribution in [0, 0.1) is 11.3 Å². The second-order valence-corrected chi connectivity index (χ2v) is 13.9. The van der Waals surface area contributed by atoms with Crippen molar-refractivity contribution in [1.82, 2.24) is 19.8 Å². The van der Waals surface area contributed by atoms with Gasteiger partial charge in [-0.15, -0.1) is 11.3 Å². The number of nitrogens with zero attached hydrogens (tertiary/aromatic N) is 6. The predicted molar refractivity (Wildman–Crippen MR) is 170 cm³/mol. The maximum atomic E-state index is 14.3. The van der Waals surface area contributed by atoms with Gasteiger partial charge in [0.05, 0.1) is 11.3 Å². The van der Waals surface area contributed by atoms with Crippen LogP contribution in [0.3, 0.4) is 0 Å². The summed E-state index contributed by atoms with van der Waals surface area (Å²) in [5.74, 6) is 1.15. The summed E-state index contributed by atoms with van der Waals surface area (Å²) >= 11 is 1.44. The topological polar surface area (TPSA) is 138 Å². The number of anilines is 2. The third-order valence-corrected chi connectivity index (χ3v) is 11.1. The van der Waals surface area contributed by atoms with Crippen LogP contribution in [0.2, 0.25) is 0 Å². The number of ketones is 1. The maximum Gasteiger partial charge on any atom is 0.219 e. The molecule has 3 fully saturated rings. The van der Waals surface area contributed by atoms with Crippen LogP contribution < -0.4 is 21.1 Å². The lowest BCUT2D eigenvalue weighted by Crippen LogP contribution is -2.53. The van der Waals surface area contributed by atoms with Crippen molar-refractivity contribution in [3.63, 3.8) is 0 Å². The molecule has 1 spiro atoms. The maximum absolute atomic E-state index is 14.3. The van der Waals surface area contributed by atoms with Gasteiger partial charge in [0.25, 0.3) is 0 Å². The van der Waals surface area contributed by atoms with E-state index < -0.39 is 5.92 Å². The number of likely N-dealkylation sites (tertiary alicyclic amines) is 1. The summed E-state index contributed by atoms with van der Waals surface area (Å²) in [5, 5.41) is 10.4. The van der Waals surface area contributed by atoms with E-state index in [1.165, 1.54) is 30.6 Å². The second-order valence-electron chi connectivity index (χ2n) is 12.8. The van der Waals surface area contributed by atoms with Crippen molar-refractivity contribution in [1.29, 1.82) is 5.26 Å². The van der Waals surface area contributed by atoms with Crippen molar-refractivity contribution < 1.29 is 9.53 Å². The van der Waals surface area contributed by atoms with Crippen molar-refractivity contribution in [2.45, 2.75) is 82.2 Å². The molecule has 2 aromatic heterocycles. The number of rotatable bonds is 9. The molecule has 2 aromatic rings. The fraction of sp³-hybridized carbons (Fsp3) is 0.625. The third kappa shape index (κ3) is 5.73. The Labute approximate surface area is 258 Å². The number of nitrogen functional groups attached to an aromatic ring is 1. The molecule has 0 aromatic carbocycles. The molecule has 11 heteroatoms. The number of fused-ring (bicyclic) bond motifs is 1. The van der Waals surface area contributed by atoms with Crippen molar-refractivity contribution in [3.05, 3.63) is 33.5 Å². The Balaban J connectivity index is 1.37. The molecule has 230 valence electrons. The fourth-order valence-corrected chi connectivity index (χ4v) is 8.25. The van der Waals surface area contributed by atoms with E-state index in [1.807, 2.05) is 13.0 Å². The number of allylic oxidation sites excluding steroid dienone is 1. The number of aromatic nitrogens is 2. The van der Waals surface area contributed by atoms with Crippen molar-refractivity contribution in [2.24, 2.45) is 5.73 Å². The first-order valence-corrected chi connectivity index (χ1v) is 16.6. The van der Waals surface area contributed by atoms with Gasteiger partial charge in [0.2, 0.25) is 5.88 Å². The Bertz CT molecular complexity index is 1460. The number of hydrogen-bond donors (Lipinski definition) is 2. The van der Waals surface area contributed by atoms with Crippen molar-refractivity contribution >= 4 is 33.6 Å². The number of piperazine rings is 1. The minimum Gasteiger partial charge on any atom is -0.476 e. The fourth-order valence-electron chi connectivity index (χ4n) is 7.12. The first kappa shape index (κ1) is 29.9. The number of ether oxygens (including phenoxy) is 1. The highest BCUT2D eigenvalue weighted by Crippen LogP contribution is 2.45. The Morgan fingerprint density at radius 1 is 1.21 bits per heavy atom. The van der Waals surface area contributed by atoms with Crippen molar-refractivity contribution in [3.8, 4) is 11.9 Å². The highest BCUT2D eigenvalue weighted by Gasteiger charge is 2.50. The summed E-state index contributed by atoms with van der Waals surface area (Å²) in [4.78, 5) is 32.2. The number of nitrogens with two attached hydrogens (primary N) is 2. The number of carbonyl (C=O) groups is 1. The normalized spacial score (nSPS) is 24.0. The summed E-state index contributed by atoms with van der Waals surface area (Å²) in [6.07, 6.45) is 8.28. The van der Waals surface area contributed by atoms with E-state index in [0.29, 0.717) is 59.0 Å². The molecule has 10 nitrogen and oxygen atoms in total. The van der Waals surface area contributed by atoms with Gasteiger partial charge in [-0.1, -0.05) is 13.3 Å². The zero-order chi connectivity index (χ0) is 30.3. The average Bonchev–Trinajstić information content (AvgIpc) is 3.53. The number of nitriles is 1. The smallest absolute Gasteiger partial charge is 0.219 e. The van der Waals surface area contributed by atoms with Crippen LogP contribution >= 0.6 is 11.3 Å². The number of thiophene rings is 1. The van der Waals surface area contributed by atoms with Crippen LogP contribution in [-0.2, 0) is 11.2 Å². The minimum absolute atomic E-state index is 0.0461. The summed E-state index contributed by atoms with van der Waals surface area (Å²) in [5.41, 5.74) is 15.4. The number of Topliss-reactive ketones (excluding diaryl/α,β-unsaturated/α-hetero) is 1. The van der Waals surface area contributed by atoms with Crippen LogP contribution in [0.1, 0.15) is 86.0 Å². The van der Waals surface area contributed by atoms with E-state index in [1.54, 1.807) is 0 Å². The van der Waals surface area contributed by atoms with E-state index in [0.717, 1.165) is 68.1 Å². The predicted octanol–water partition coefficient (Wildman–Crippen LogP) is 3.91. The first-order valence-electron chi connectivity index (χ1n) is 15.8. The molecule has 2 saturated heterocycles. The molecule has 2 unspecified atom stereocenters. The van der Waals surface area contributed by atoms with Gasteiger partial charge in [0, 0.05) is 53.6 Å². The van der Waals surface area contributed by atoms with Gasteiger partial charge in [-0.25, -0.2) is 4.98 Å². The molecular formula is C32H44N8O2S. The van der Waals surface area contributed by atoms with Gasteiger partial charge in [0.15, 0.2) is 11.6 Å². The number of carbonyl (C=O) groups excluding carboxylic acids is 1. The Morgan fingerprint density at radius 2 is 2.02 bits per heavy atom. The number of likely N-dealkylation sites (N-methyl/N-ethyl adjacent to an activating group) is 2. The lowest BCUT2D eigenvalue weighted by Gasteiger charge is -2.40. The lowest BCUT2D eigenvalue weighted by molar-refractivity contribution is -0.117. The van der Waals surface area contributed by atoms with Crippen LogP contribution in [0.25, 0.3) is 5.70 Å². The largest absolute Gasteiger partial charge is 0.476 e. The molecular weight excluding hydrogens is 560 g/mol. The highest BCUT2D eigenvalue weighted by molar-refractivity contribution is 7.16. The standard InChI is InChI=1S/C32H44N8O2S/c1-4-7-22(29(41)21-9-5-10-24-27(21)23(17-33)30(35)43-24)28(34)31-36-25(40-15-14-39(3)32(19-40)11-12-32)16-26(37-31)42-18-20-8-6-13-38(20)2/h16,20-21H,4-15,18-19,34-35H2,1-3H3. The first-order chi connectivity index (χ1) is 20.7. The van der Waals surface area contributed by atoms with E-state index in [4.69, 9.17) is 26.2 Å². The number of aryl methyl sites for hydroxylation is 1. The second kappa shape index (κ2) is 12.1. The van der Waals surface area contributed by atoms with Gasteiger partial charge < -0.3 is 26.0 Å². The quantitative estimate of drug-likeness (QED) is 0.405. The zero-order valence-electron chi connectivity index (χ0n) is 25.7.